The van der Waals surface area contributed by atoms with E-state index in [-0.39, 0.29) is 0 Å². The molecule has 0 atom stereocenters. The van der Waals surface area contributed by atoms with Gasteiger partial charge in [0.15, 0.2) is 0 Å². The summed E-state index contributed by atoms with van der Waals surface area (Å²) in [4.78, 5) is 0. The first-order chi connectivity index (χ1) is 10.7. The Balaban J connectivity index is 1.75. The molecule has 0 aliphatic heterocycles. The van der Waals surface area contributed by atoms with Gasteiger partial charge in [-0.15, -0.1) is 0 Å². The monoisotopic (exact) mass is 318 g/mol. The summed E-state index contributed by atoms with van der Waals surface area (Å²) in [5, 5.41) is 0. The molecule has 2 rings (SSSR count). The van der Waals surface area contributed by atoms with Gasteiger partial charge in [0.1, 0.15) is 0 Å². The minimum absolute atomic E-state index is 0.399. The molecule has 0 spiro atoms. The zero-order valence-corrected chi connectivity index (χ0v) is 13.9. The minimum atomic E-state index is -2.97. The van der Waals surface area contributed by atoms with E-state index < -0.39 is 7.60 Å². The molecule has 0 N–H and O–H groups in total. The molecule has 0 radical (unpaired) electrons. The van der Waals surface area contributed by atoms with Crippen molar-refractivity contribution in [1.29, 1.82) is 0 Å². The molecule has 0 aliphatic rings. The topological polar surface area (TPSA) is 35.5 Å². The first-order valence-corrected chi connectivity index (χ1v) is 9.40. The van der Waals surface area contributed by atoms with Crippen molar-refractivity contribution in [2.45, 2.75) is 19.8 Å². The molecule has 118 valence electrons. The Bertz CT molecular complexity index is 534. The Morgan fingerprint density at radius 2 is 1.18 bits per heavy atom. The SMILES string of the molecule is CCP(=O)(OCCc1ccccc1)OCCc1ccccc1. The van der Waals surface area contributed by atoms with Crippen LogP contribution in [0.3, 0.4) is 0 Å². The largest absolute Gasteiger partial charge is 0.330 e. The fourth-order valence-corrected chi connectivity index (χ4v) is 3.29. The lowest BCUT2D eigenvalue weighted by atomic mass is 10.2. The Hall–Kier alpha value is -1.41. The van der Waals surface area contributed by atoms with Gasteiger partial charge >= 0.3 is 7.60 Å². The van der Waals surface area contributed by atoms with Crippen LogP contribution in [0, 0.1) is 0 Å². The van der Waals surface area contributed by atoms with Gasteiger partial charge in [-0.3, -0.25) is 4.57 Å². The van der Waals surface area contributed by atoms with Gasteiger partial charge in [-0.1, -0.05) is 67.6 Å². The molecule has 0 aliphatic carbocycles. The summed E-state index contributed by atoms with van der Waals surface area (Å²) < 4.78 is 23.6. The predicted octanol–water partition coefficient (Wildman–Crippen LogP) is 4.72. The molecule has 22 heavy (non-hydrogen) atoms. The van der Waals surface area contributed by atoms with Gasteiger partial charge in [0.05, 0.1) is 13.2 Å². The molecule has 3 nitrogen and oxygen atoms in total. The van der Waals surface area contributed by atoms with Gasteiger partial charge in [0, 0.05) is 6.16 Å². The highest BCUT2D eigenvalue weighted by Gasteiger charge is 2.21. The zero-order valence-electron chi connectivity index (χ0n) is 13.0. The second-order valence-corrected chi connectivity index (χ2v) is 7.44. The molecule has 2 aromatic rings. The van der Waals surface area contributed by atoms with Crippen LogP contribution in [-0.4, -0.2) is 19.4 Å². The average Bonchev–Trinajstić information content (AvgIpc) is 2.57. The summed E-state index contributed by atoms with van der Waals surface area (Å²) in [6.45, 7) is 2.67. The molecule has 2 aromatic carbocycles. The van der Waals surface area contributed by atoms with Crippen LogP contribution in [-0.2, 0) is 26.5 Å². The smallest absolute Gasteiger partial charge is 0.308 e. The molecule has 0 saturated heterocycles. The third kappa shape index (κ3) is 5.76. The molecule has 0 aromatic heterocycles. The van der Waals surface area contributed by atoms with Crippen molar-refractivity contribution in [1.82, 2.24) is 0 Å². The molecule has 4 heteroatoms. The van der Waals surface area contributed by atoms with Crippen LogP contribution < -0.4 is 0 Å². The molecule has 0 fully saturated rings. The molecular weight excluding hydrogens is 295 g/mol. The maximum atomic E-state index is 12.5. The second kappa shape index (κ2) is 8.89. The van der Waals surface area contributed by atoms with Crippen LogP contribution in [0.5, 0.6) is 0 Å². The van der Waals surface area contributed by atoms with E-state index in [1.807, 2.05) is 67.6 Å². The number of rotatable bonds is 9. The third-order valence-corrected chi connectivity index (χ3v) is 5.36. The second-order valence-electron chi connectivity index (χ2n) is 5.06. The van der Waals surface area contributed by atoms with Crippen molar-refractivity contribution < 1.29 is 13.6 Å². The lowest BCUT2D eigenvalue weighted by Crippen LogP contribution is -2.04. The fraction of sp³-hybridized carbons (Fsp3) is 0.333. The minimum Gasteiger partial charge on any atom is -0.308 e. The fourth-order valence-electron chi connectivity index (χ4n) is 2.11. The molecule has 0 heterocycles. The van der Waals surface area contributed by atoms with Crippen molar-refractivity contribution >= 4 is 7.60 Å². The van der Waals surface area contributed by atoms with Crippen LogP contribution in [0.15, 0.2) is 60.7 Å². The summed E-state index contributed by atoms with van der Waals surface area (Å²) in [6, 6.07) is 20.1. The molecule has 0 unspecified atom stereocenters. The number of hydrogen-bond acceptors (Lipinski definition) is 3. The quantitative estimate of drug-likeness (QED) is 0.628. The normalized spacial score (nSPS) is 11.5. The zero-order chi connectivity index (χ0) is 15.7. The summed E-state index contributed by atoms with van der Waals surface area (Å²) in [5.74, 6) is 0. The van der Waals surface area contributed by atoms with E-state index in [1.54, 1.807) is 0 Å². The first-order valence-electron chi connectivity index (χ1n) is 7.68. The summed E-state index contributed by atoms with van der Waals surface area (Å²) in [6.07, 6.45) is 1.89. The van der Waals surface area contributed by atoms with Gasteiger partial charge in [0.2, 0.25) is 0 Å². The summed E-state index contributed by atoms with van der Waals surface area (Å²) in [7, 11) is -2.97. The van der Waals surface area contributed by atoms with Crippen molar-refractivity contribution in [2.24, 2.45) is 0 Å². The van der Waals surface area contributed by atoms with Crippen molar-refractivity contribution in [2.75, 3.05) is 19.4 Å². The highest BCUT2D eigenvalue weighted by Crippen LogP contribution is 2.47. The lowest BCUT2D eigenvalue weighted by molar-refractivity contribution is 0.208. The van der Waals surface area contributed by atoms with E-state index in [2.05, 4.69) is 0 Å². The number of hydrogen-bond donors (Lipinski definition) is 0. The van der Waals surface area contributed by atoms with Gasteiger partial charge < -0.3 is 9.05 Å². The standard InChI is InChI=1S/C18H23O3P/c1-2-22(19,20-15-13-17-9-5-3-6-10-17)21-16-14-18-11-7-4-8-12-18/h3-12H,2,13-16H2,1H3. The van der Waals surface area contributed by atoms with E-state index >= 15 is 0 Å². The maximum absolute atomic E-state index is 12.5. The van der Waals surface area contributed by atoms with Gasteiger partial charge in [-0.2, -0.15) is 0 Å². The molecule has 0 amide bonds. The highest BCUT2D eigenvalue weighted by molar-refractivity contribution is 7.53. The molecular formula is C18H23O3P. The Labute approximate surface area is 132 Å². The van der Waals surface area contributed by atoms with Crippen LogP contribution in [0.1, 0.15) is 18.1 Å². The highest BCUT2D eigenvalue weighted by atomic mass is 31.2. The van der Waals surface area contributed by atoms with E-state index in [0.29, 0.717) is 19.4 Å². The van der Waals surface area contributed by atoms with Gasteiger partial charge in [0.25, 0.3) is 0 Å². The van der Waals surface area contributed by atoms with Crippen LogP contribution in [0.2, 0.25) is 0 Å². The van der Waals surface area contributed by atoms with Crippen molar-refractivity contribution in [3.8, 4) is 0 Å². The molecule has 0 saturated carbocycles. The van der Waals surface area contributed by atoms with Crippen molar-refractivity contribution in [3.63, 3.8) is 0 Å². The Kier molecular flexibility index (Phi) is 6.85. The predicted molar refractivity (Wildman–Crippen MR) is 90.3 cm³/mol. The maximum Gasteiger partial charge on any atom is 0.330 e. The van der Waals surface area contributed by atoms with E-state index in [4.69, 9.17) is 9.05 Å². The van der Waals surface area contributed by atoms with Gasteiger partial charge in [-0.25, -0.2) is 0 Å². The van der Waals surface area contributed by atoms with Crippen LogP contribution in [0.25, 0.3) is 0 Å². The average molecular weight is 318 g/mol. The third-order valence-electron chi connectivity index (χ3n) is 3.43. The first kappa shape index (κ1) is 17.0. The number of benzene rings is 2. The summed E-state index contributed by atoms with van der Waals surface area (Å²) >= 11 is 0. The molecule has 0 bridgehead atoms. The van der Waals surface area contributed by atoms with E-state index in [1.165, 1.54) is 11.1 Å². The lowest BCUT2D eigenvalue weighted by Gasteiger charge is -2.17. The van der Waals surface area contributed by atoms with E-state index in [0.717, 1.165) is 12.8 Å². The summed E-state index contributed by atoms with van der Waals surface area (Å²) in [5.41, 5.74) is 2.35. The Morgan fingerprint density at radius 3 is 1.55 bits per heavy atom. The Morgan fingerprint density at radius 1 is 0.773 bits per heavy atom. The van der Waals surface area contributed by atoms with E-state index in [9.17, 15) is 4.57 Å². The van der Waals surface area contributed by atoms with Crippen LogP contribution in [0.4, 0.5) is 0 Å². The van der Waals surface area contributed by atoms with Crippen LogP contribution >= 0.6 is 7.60 Å². The van der Waals surface area contributed by atoms with Gasteiger partial charge in [-0.05, 0) is 24.0 Å². The van der Waals surface area contributed by atoms with Crippen molar-refractivity contribution in [3.05, 3.63) is 71.8 Å².